The average molecular weight is 266 g/mol. The summed E-state index contributed by atoms with van der Waals surface area (Å²) >= 11 is 1.29. The molecule has 2 aromatic rings. The monoisotopic (exact) mass is 266 g/mol. The first-order valence-electron chi connectivity index (χ1n) is 5.33. The fourth-order valence-corrected chi connectivity index (χ4v) is 2.23. The van der Waals surface area contributed by atoms with E-state index in [9.17, 15) is 8.78 Å². The average Bonchev–Trinajstić information content (AvgIpc) is 2.39. The van der Waals surface area contributed by atoms with Crippen LogP contribution in [0.4, 0.5) is 8.78 Å². The molecule has 0 bridgehead atoms. The summed E-state index contributed by atoms with van der Waals surface area (Å²) in [5, 5.41) is 0. The van der Waals surface area contributed by atoms with Gasteiger partial charge in [0.1, 0.15) is 17.4 Å². The van der Waals surface area contributed by atoms with E-state index in [0.717, 1.165) is 0 Å². The molecule has 2 aromatic carbocycles. The smallest absolute Gasteiger partial charge is 0.144 e. The molecule has 0 spiro atoms. The van der Waals surface area contributed by atoms with Crippen LogP contribution in [-0.2, 0) is 0 Å². The number of ether oxygens (including phenoxy) is 1. The Hall–Kier alpha value is -1.55. The predicted molar refractivity (Wildman–Crippen MR) is 70.1 cm³/mol. The molecule has 0 saturated carbocycles. The third-order valence-electron chi connectivity index (χ3n) is 2.60. The van der Waals surface area contributed by atoms with E-state index in [2.05, 4.69) is 0 Å². The van der Waals surface area contributed by atoms with Gasteiger partial charge in [0.25, 0.3) is 0 Å². The van der Waals surface area contributed by atoms with Gasteiger partial charge in [0, 0.05) is 10.5 Å². The van der Waals surface area contributed by atoms with E-state index in [4.69, 9.17) is 4.74 Å². The van der Waals surface area contributed by atoms with Crippen molar-refractivity contribution >= 4 is 11.8 Å². The first-order chi connectivity index (χ1) is 8.65. The lowest BCUT2D eigenvalue weighted by Gasteiger charge is -2.10. The van der Waals surface area contributed by atoms with Crippen molar-refractivity contribution in [1.82, 2.24) is 0 Å². The summed E-state index contributed by atoms with van der Waals surface area (Å²) in [5.74, 6) is -0.186. The summed E-state index contributed by atoms with van der Waals surface area (Å²) in [5.41, 5.74) is 0.847. The van der Waals surface area contributed by atoms with Gasteiger partial charge in [-0.2, -0.15) is 0 Å². The van der Waals surface area contributed by atoms with Crippen LogP contribution >= 0.6 is 11.8 Å². The van der Waals surface area contributed by atoms with E-state index >= 15 is 0 Å². The van der Waals surface area contributed by atoms with Gasteiger partial charge in [-0.15, -0.1) is 11.8 Å². The number of thioether (sulfide) groups is 1. The number of halogens is 2. The highest BCUT2D eigenvalue weighted by atomic mass is 32.2. The summed E-state index contributed by atoms with van der Waals surface area (Å²) in [4.78, 5) is 0.480. The van der Waals surface area contributed by atoms with Gasteiger partial charge in [0.15, 0.2) is 0 Å². The normalized spacial score (nSPS) is 10.4. The largest absolute Gasteiger partial charge is 0.497 e. The Morgan fingerprint density at radius 1 is 1.11 bits per heavy atom. The molecule has 4 heteroatoms. The van der Waals surface area contributed by atoms with Gasteiger partial charge in [0.2, 0.25) is 0 Å². The molecule has 0 aromatic heterocycles. The molecule has 2 rings (SSSR count). The Kier molecular flexibility index (Phi) is 3.87. The van der Waals surface area contributed by atoms with Crippen molar-refractivity contribution in [3.63, 3.8) is 0 Å². The lowest BCUT2D eigenvalue weighted by Crippen LogP contribution is -1.92. The van der Waals surface area contributed by atoms with Crippen LogP contribution in [0, 0.1) is 11.6 Å². The Balaban J connectivity index is 2.62. The molecule has 0 aliphatic carbocycles. The van der Waals surface area contributed by atoms with Crippen LogP contribution in [0.2, 0.25) is 0 Å². The highest BCUT2D eigenvalue weighted by molar-refractivity contribution is 7.98. The van der Waals surface area contributed by atoms with Crippen molar-refractivity contribution in [1.29, 1.82) is 0 Å². The lowest BCUT2D eigenvalue weighted by molar-refractivity contribution is 0.412. The molecule has 1 nitrogen and oxygen atoms in total. The Morgan fingerprint density at radius 2 is 1.89 bits per heavy atom. The van der Waals surface area contributed by atoms with E-state index in [-0.39, 0.29) is 11.6 Å². The van der Waals surface area contributed by atoms with Crippen LogP contribution in [0.5, 0.6) is 5.75 Å². The van der Waals surface area contributed by atoms with Crippen LogP contribution in [0.1, 0.15) is 0 Å². The molecular formula is C14H12F2OS. The zero-order valence-electron chi connectivity index (χ0n) is 10.0. The third kappa shape index (κ3) is 2.48. The van der Waals surface area contributed by atoms with Gasteiger partial charge in [0.05, 0.1) is 7.11 Å². The maximum absolute atomic E-state index is 14.2. The van der Waals surface area contributed by atoms with Crippen LogP contribution in [0.15, 0.2) is 41.3 Å². The highest BCUT2D eigenvalue weighted by Crippen LogP contribution is 2.34. The molecular weight excluding hydrogens is 254 g/mol. The second-order valence-electron chi connectivity index (χ2n) is 3.70. The molecule has 0 fully saturated rings. The fourth-order valence-electron chi connectivity index (χ4n) is 1.71. The SMILES string of the molecule is COc1cc(SC)c(F)c(-c2cccc(F)c2)c1. The second kappa shape index (κ2) is 5.40. The number of benzene rings is 2. The van der Waals surface area contributed by atoms with E-state index in [0.29, 0.717) is 21.8 Å². The lowest BCUT2D eigenvalue weighted by atomic mass is 10.0. The molecule has 18 heavy (non-hydrogen) atoms. The minimum Gasteiger partial charge on any atom is -0.497 e. The Labute approximate surface area is 109 Å². The highest BCUT2D eigenvalue weighted by Gasteiger charge is 2.13. The summed E-state index contributed by atoms with van der Waals surface area (Å²) in [6.07, 6.45) is 1.78. The third-order valence-corrected chi connectivity index (χ3v) is 3.34. The first-order valence-corrected chi connectivity index (χ1v) is 6.55. The van der Waals surface area contributed by atoms with Crippen molar-refractivity contribution in [2.75, 3.05) is 13.4 Å². The van der Waals surface area contributed by atoms with Gasteiger partial charge in [-0.05, 0) is 36.1 Å². The van der Waals surface area contributed by atoms with Crippen molar-refractivity contribution in [2.24, 2.45) is 0 Å². The van der Waals surface area contributed by atoms with Gasteiger partial charge < -0.3 is 4.74 Å². The van der Waals surface area contributed by atoms with Gasteiger partial charge in [-0.25, -0.2) is 8.78 Å². The Bertz CT molecular complexity index is 570. The van der Waals surface area contributed by atoms with Crippen LogP contribution in [0.25, 0.3) is 11.1 Å². The summed E-state index contributed by atoms with van der Waals surface area (Å²) < 4.78 is 32.5. The molecule has 0 radical (unpaired) electrons. The quantitative estimate of drug-likeness (QED) is 0.763. The maximum Gasteiger partial charge on any atom is 0.144 e. The number of hydrogen-bond donors (Lipinski definition) is 0. The molecule has 0 aliphatic rings. The van der Waals surface area contributed by atoms with Crippen LogP contribution < -0.4 is 4.74 Å². The van der Waals surface area contributed by atoms with Gasteiger partial charge in [-0.3, -0.25) is 0 Å². The number of rotatable bonds is 3. The van der Waals surface area contributed by atoms with Gasteiger partial charge >= 0.3 is 0 Å². The summed E-state index contributed by atoms with van der Waals surface area (Å²) in [7, 11) is 1.52. The summed E-state index contributed by atoms with van der Waals surface area (Å²) in [6.45, 7) is 0. The predicted octanol–water partition coefficient (Wildman–Crippen LogP) is 4.36. The molecule has 0 N–H and O–H groups in total. The second-order valence-corrected chi connectivity index (χ2v) is 4.55. The topological polar surface area (TPSA) is 9.23 Å². The molecule has 0 heterocycles. The minimum atomic E-state index is -0.388. The standard InChI is InChI=1S/C14H12F2OS/c1-17-11-7-12(14(16)13(8-11)18-2)9-4-3-5-10(15)6-9/h3-8H,1-2H3. The molecule has 0 amide bonds. The first kappa shape index (κ1) is 12.9. The van der Waals surface area contributed by atoms with Crippen molar-refractivity contribution in [2.45, 2.75) is 4.90 Å². The van der Waals surface area contributed by atoms with Gasteiger partial charge in [-0.1, -0.05) is 12.1 Å². The molecule has 94 valence electrons. The fraction of sp³-hybridized carbons (Fsp3) is 0.143. The van der Waals surface area contributed by atoms with Crippen molar-refractivity contribution in [3.05, 3.63) is 48.0 Å². The van der Waals surface area contributed by atoms with Crippen LogP contribution in [0.3, 0.4) is 0 Å². The number of methoxy groups -OCH3 is 1. The zero-order valence-corrected chi connectivity index (χ0v) is 10.9. The van der Waals surface area contributed by atoms with E-state index < -0.39 is 0 Å². The van der Waals surface area contributed by atoms with Crippen molar-refractivity contribution in [3.8, 4) is 16.9 Å². The van der Waals surface area contributed by atoms with Crippen LogP contribution in [-0.4, -0.2) is 13.4 Å². The molecule has 0 atom stereocenters. The zero-order chi connectivity index (χ0) is 13.1. The van der Waals surface area contributed by atoms with E-state index in [1.54, 1.807) is 30.5 Å². The van der Waals surface area contributed by atoms with E-state index in [1.165, 1.54) is 31.0 Å². The molecule has 0 unspecified atom stereocenters. The molecule has 0 saturated heterocycles. The van der Waals surface area contributed by atoms with E-state index in [1.807, 2.05) is 0 Å². The molecule has 0 aliphatic heterocycles. The van der Waals surface area contributed by atoms with Crippen molar-refractivity contribution < 1.29 is 13.5 Å². The Morgan fingerprint density at radius 3 is 2.50 bits per heavy atom. The minimum absolute atomic E-state index is 0.346. The number of hydrogen-bond acceptors (Lipinski definition) is 2. The maximum atomic E-state index is 14.2. The summed E-state index contributed by atoms with van der Waals surface area (Å²) in [6, 6.07) is 9.07.